The van der Waals surface area contributed by atoms with Crippen LogP contribution in [0.2, 0.25) is 0 Å². The largest absolute Gasteiger partial charge is 0.454 e. The van der Waals surface area contributed by atoms with Crippen LogP contribution in [0.4, 0.5) is 5.82 Å². The number of amides is 1. The van der Waals surface area contributed by atoms with Crippen LogP contribution in [0.15, 0.2) is 24.3 Å². The minimum Gasteiger partial charge on any atom is -0.454 e. The van der Waals surface area contributed by atoms with Gasteiger partial charge < -0.3 is 14.8 Å². The number of rotatable bonds is 3. The number of ether oxygens (including phenoxy) is 2. The van der Waals surface area contributed by atoms with Gasteiger partial charge in [0, 0.05) is 23.1 Å². The van der Waals surface area contributed by atoms with Gasteiger partial charge in [-0.2, -0.15) is 16.9 Å². The Kier molecular flexibility index (Phi) is 4.19. The second-order valence-electron chi connectivity index (χ2n) is 7.28. The molecule has 0 atom stereocenters. The van der Waals surface area contributed by atoms with Gasteiger partial charge in [0.05, 0.1) is 11.2 Å². The summed E-state index contributed by atoms with van der Waals surface area (Å²) in [5, 5.41) is 7.72. The zero-order valence-corrected chi connectivity index (χ0v) is 15.9. The maximum atomic E-state index is 12.5. The molecule has 6 nitrogen and oxygen atoms in total. The smallest absolute Gasteiger partial charge is 0.249 e. The molecular weight excluding hydrogens is 350 g/mol. The first-order valence-corrected chi connectivity index (χ1v) is 9.65. The van der Waals surface area contributed by atoms with Crippen LogP contribution in [0, 0.1) is 0 Å². The van der Waals surface area contributed by atoms with E-state index in [1.54, 1.807) is 6.08 Å². The Labute approximate surface area is 156 Å². The molecule has 1 N–H and O–H groups in total. The fourth-order valence-electron chi connectivity index (χ4n) is 2.97. The lowest BCUT2D eigenvalue weighted by molar-refractivity contribution is -0.111. The molecule has 26 heavy (non-hydrogen) atoms. The molecule has 1 aromatic carbocycles. The lowest BCUT2D eigenvalue weighted by atomic mass is 10.1. The van der Waals surface area contributed by atoms with Crippen molar-refractivity contribution < 1.29 is 14.3 Å². The molecule has 0 saturated heterocycles. The van der Waals surface area contributed by atoms with Gasteiger partial charge in [0.25, 0.3) is 0 Å². The highest BCUT2D eigenvalue weighted by atomic mass is 32.2. The van der Waals surface area contributed by atoms with Crippen molar-refractivity contribution in [2.45, 2.75) is 37.8 Å². The number of benzene rings is 1. The lowest BCUT2D eigenvalue weighted by Crippen LogP contribution is -2.26. The van der Waals surface area contributed by atoms with Gasteiger partial charge in [-0.05, 0) is 44.5 Å². The van der Waals surface area contributed by atoms with E-state index in [1.165, 1.54) is 6.08 Å². The zero-order chi connectivity index (χ0) is 18.3. The van der Waals surface area contributed by atoms with E-state index in [9.17, 15) is 4.79 Å². The topological polar surface area (TPSA) is 65.4 Å². The van der Waals surface area contributed by atoms with Crippen LogP contribution in [0.3, 0.4) is 0 Å². The molecule has 4 rings (SSSR count). The van der Waals surface area contributed by atoms with Gasteiger partial charge in [-0.1, -0.05) is 6.07 Å². The number of thioether (sulfide) groups is 1. The van der Waals surface area contributed by atoms with Crippen LogP contribution in [0.1, 0.15) is 37.6 Å². The summed E-state index contributed by atoms with van der Waals surface area (Å²) in [5.74, 6) is 3.84. The highest BCUT2D eigenvalue weighted by molar-refractivity contribution is 7.98. The summed E-state index contributed by atoms with van der Waals surface area (Å²) in [7, 11) is 0. The molecule has 0 unspecified atom stereocenters. The first-order chi connectivity index (χ1) is 12.4. The summed E-state index contributed by atoms with van der Waals surface area (Å²) >= 11 is 1.82. The van der Waals surface area contributed by atoms with E-state index in [1.807, 2.05) is 34.6 Å². The summed E-state index contributed by atoms with van der Waals surface area (Å²) in [6.45, 7) is 6.49. The third-order valence-corrected chi connectivity index (χ3v) is 5.22. The van der Waals surface area contributed by atoms with E-state index in [0.29, 0.717) is 5.75 Å². The van der Waals surface area contributed by atoms with Gasteiger partial charge in [-0.3, -0.25) is 4.79 Å². The van der Waals surface area contributed by atoms with Gasteiger partial charge in [0.2, 0.25) is 12.7 Å². The van der Waals surface area contributed by atoms with Crippen molar-refractivity contribution in [1.82, 2.24) is 9.78 Å². The van der Waals surface area contributed by atoms with Gasteiger partial charge in [-0.15, -0.1) is 0 Å². The Morgan fingerprint density at radius 1 is 1.27 bits per heavy atom. The average molecular weight is 371 g/mol. The van der Waals surface area contributed by atoms with Crippen LogP contribution in [0.25, 0.3) is 6.08 Å². The van der Waals surface area contributed by atoms with Gasteiger partial charge in [0.15, 0.2) is 11.5 Å². The van der Waals surface area contributed by atoms with Crippen molar-refractivity contribution in [2.24, 2.45) is 0 Å². The second kappa shape index (κ2) is 6.39. The summed E-state index contributed by atoms with van der Waals surface area (Å²) < 4.78 is 12.6. The molecule has 0 spiro atoms. The molecule has 0 bridgehead atoms. The molecule has 0 saturated carbocycles. The Morgan fingerprint density at radius 3 is 2.88 bits per heavy atom. The van der Waals surface area contributed by atoms with E-state index in [0.717, 1.165) is 39.9 Å². The Hall–Kier alpha value is -2.41. The van der Waals surface area contributed by atoms with Gasteiger partial charge >= 0.3 is 0 Å². The number of carbonyl (C=O) groups is 1. The number of nitrogens with one attached hydrogen (secondary N) is 1. The Morgan fingerprint density at radius 2 is 2.08 bits per heavy atom. The maximum absolute atomic E-state index is 12.5. The highest BCUT2D eigenvalue weighted by Gasteiger charge is 2.28. The fraction of sp³-hybridized carbons (Fsp3) is 0.368. The maximum Gasteiger partial charge on any atom is 0.249 e. The summed E-state index contributed by atoms with van der Waals surface area (Å²) in [4.78, 5) is 12.5. The Balaban J connectivity index is 1.54. The quantitative estimate of drug-likeness (QED) is 0.832. The van der Waals surface area contributed by atoms with E-state index < -0.39 is 0 Å². The minimum atomic E-state index is -0.196. The molecule has 1 aromatic heterocycles. The van der Waals surface area contributed by atoms with Crippen molar-refractivity contribution in [3.63, 3.8) is 0 Å². The van der Waals surface area contributed by atoms with Crippen LogP contribution in [-0.4, -0.2) is 22.5 Å². The molecule has 2 aliphatic rings. The molecule has 3 heterocycles. The number of fused-ring (bicyclic) bond motifs is 2. The molecule has 2 aromatic rings. The van der Waals surface area contributed by atoms with Gasteiger partial charge in [-0.25, -0.2) is 4.68 Å². The molecular formula is C19H21N3O3S. The van der Waals surface area contributed by atoms with E-state index >= 15 is 0 Å². The molecule has 2 aliphatic heterocycles. The van der Waals surface area contributed by atoms with Crippen LogP contribution in [0.5, 0.6) is 11.5 Å². The molecule has 0 radical (unpaired) electrons. The van der Waals surface area contributed by atoms with E-state index in [2.05, 4.69) is 26.1 Å². The summed E-state index contributed by atoms with van der Waals surface area (Å²) in [6, 6.07) is 5.60. The predicted octanol–water partition coefficient (Wildman–Crippen LogP) is 3.77. The van der Waals surface area contributed by atoms with E-state index in [-0.39, 0.29) is 18.2 Å². The fourth-order valence-corrected chi connectivity index (χ4v) is 4.01. The van der Waals surface area contributed by atoms with Crippen LogP contribution in [-0.2, 0) is 21.8 Å². The van der Waals surface area contributed by atoms with Crippen molar-refractivity contribution >= 4 is 29.6 Å². The normalized spacial score (nSPS) is 15.5. The minimum absolute atomic E-state index is 0.173. The van der Waals surface area contributed by atoms with E-state index in [4.69, 9.17) is 14.6 Å². The molecule has 0 fully saturated rings. The average Bonchev–Trinajstić information content (AvgIpc) is 3.28. The standard InChI is InChI=1S/C19H21N3O3S/c1-19(2,3)22-18(13-9-26-10-14(13)21-22)20-17(23)7-5-12-4-6-15-16(8-12)25-11-24-15/h4-8H,9-11H2,1-3H3,(H,20,23)/b7-5+. The molecule has 7 heteroatoms. The first kappa shape index (κ1) is 17.0. The number of nitrogens with zero attached hydrogens (tertiary/aromatic N) is 2. The molecule has 0 aliphatic carbocycles. The first-order valence-electron chi connectivity index (χ1n) is 8.49. The SMILES string of the molecule is CC(C)(C)n1nc2c(c1NC(=O)/C=C/c1ccc3c(c1)OCO3)CSC2. The van der Waals surface area contributed by atoms with Gasteiger partial charge in [0.1, 0.15) is 5.82 Å². The number of carbonyl (C=O) groups excluding carboxylic acids is 1. The monoisotopic (exact) mass is 371 g/mol. The highest BCUT2D eigenvalue weighted by Crippen LogP contribution is 2.37. The second-order valence-corrected chi connectivity index (χ2v) is 8.27. The third kappa shape index (κ3) is 3.19. The number of hydrogen-bond acceptors (Lipinski definition) is 5. The number of hydrogen-bond donors (Lipinski definition) is 1. The molecule has 136 valence electrons. The van der Waals surface area contributed by atoms with Crippen molar-refractivity contribution in [3.8, 4) is 11.5 Å². The summed E-state index contributed by atoms with van der Waals surface area (Å²) in [6.07, 6.45) is 3.30. The Bertz CT molecular complexity index is 896. The van der Waals surface area contributed by atoms with Crippen LogP contribution >= 0.6 is 11.8 Å². The third-order valence-electron chi connectivity index (χ3n) is 4.25. The predicted molar refractivity (Wildman–Crippen MR) is 102 cm³/mol. The zero-order valence-electron chi connectivity index (χ0n) is 15.0. The molecule has 1 amide bonds. The van der Waals surface area contributed by atoms with Crippen molar-refractivity contribution in [2.75, 3.05) is 12.1 Å². The van der Waals surface area contributed by atoms with Crippen molar-refractivity contribution in [3.05, 3.63) is 41.1 Å². The number of anilines is 1. The lowest BCUT2D eigenvalue weighted by Gasteiger charge is -2.23. The van der Waals surface area contributed by atoms with Crippen molar-refractivity contribution in [1.29, 1.82) is 0 Å². The summed E-state index contributed by atoms with van der Waals surface area (Å²) in [5.41, 5.74) is 2.89. The number of aromatic nitrogens is 2. The van der Waals surface area contributed by atoms with Crippen LogP contribution < -0.4 is 14.8 Å².